The van der Waals surface area contributed by atoms with Gasteiger partial charge in [-0.1, -0.05) is 12.1 Å². The Bertz CT molecular complexity index is 1210. The third-order valence-electron chi connectivity index (χ3n) is 5.87. The number of aromatic amines is 1. The van der Waals surface area contributed by atoms with E-state index in [0.717, 1.165) is 55.2 Å². The molecule has 1 aliphatic carbocycles. The highest BCUT2D eigenvalue weighted by atomic mass is 35.5. The van der Waals surface area contributed by atoms with E-state index in [4.69, 9.17) is 10.5 Å². The Kier molecular flexibility index (Phi) is 5.17. The van der Waals surface area contributed by atoms with Gasteiger partial charge in [0.15, 0.2) is 0 Å². The Morgan fingerprint density at radius 3 is 2.55 bits per heavy atom. The number of nitrogens with zero attached hydrogens (tertiary/aromatic N) is 3. The molecule has 2 aliphatic rings. The predicted octanol–water partition coefficient (Wildman–Crippen LogP) is 4.61. The lowest BCUT2D eigenvalue weighted by molar-refractivity contribution is 0.122. The van der Waals surface area contributed by atoms with Crippen LogP contribution in [-0.2, 0) is 11.2 Å². The van der Waals surface area contributed by atoms with Gasteiger partial charge in [-0.2, -0.15) is 5.10 Å². The molecule has 3 aromatic heterocycles. The summed E-state index contributed by atoms with van der Waals surface area (Å²) in [6.45, 7) is 3.49. The predicted molar refractivity (Wildman–Crippen MR) is 128 cm³/mol. The molecule has 0 atom stereocenters. The van der Waals surface area contributed by atoms with E-state index in [0.29, 0.717) is 5.82 Å². The van der Waals surface area contributed by atoms with Crippen LogP contribution in [0, 0.1) is 0 Å². The number of thiophene rings is 1. The van der Waals surface area contributed by atoms with Crippen LogP contribution in [0.4, 0.5) is 11.5 Å². The highest BCUT2D eigenvalue weighted by Gasteiger charge is 2.28. The lowest BCUT2D eigenvalue weighted by atomic mass is 10.1. The monoisotopic (exact) mass is 451 g/mol. The zero-order valence-corrected chi connectivity index (χ0v) is 18.4. The molecular formula is C23H22ClN5OS. The van der Waals surface area contributed by atoms with Crippen molar-refractivity contribution in [2.45, 2.75) is 6.42 Å². The number of nitrogens with one attached hydrogen (secondary N) is 1. The standard InChI is InChI=1S/C23H21N5OS.ClH/c24-21-6-3-15(13-25-21)19-11-17-20(30-19)12-18-22(26-27-23(17)18)14-1-4-16(5-2-14)28-7-9-29-10-8-28;/h1-6,11,13H,7-10,12H2,(H2,24,25)(H,26,27);1H. The van der Waals surface area contributed by atoms with Crippen molar-refractivity contribution in [3.05, 3.63) is 59.1 Å². The van der Waals surface area contributed by atoms with Gasteiger partial charge < -0.3 is 15.4 Å². The van der Waals surface area contributed by atoms with Crippen LogP contribution in [-0.4, -0.2) is 41.5 Å². The molecule has 0 bridgehead atoms. The molecule has 158 valence electrons. The molecule has 0 radical (unpaired) electrons. The molecule has 6 nitrogen and oxygen atoms in total. The summed E-state index contributed by atoms with van der Waals surface area (Å²) in [6.07, 6.45) is 2.75. The van der Waals surface area contributed by atoms with Gasteiger partial charge in [0.2, 0.25) is 0 Å². The number of ether oxygens (including phenoxy) is 1. The smallest absolute Gasteiger partial charge is 0.123 e. The van der Waals surface area contributed by atoms with E-state index in [2.05, 4.69) is 50.4 Å². The fourth-order valence-corrected chi connectivity index (χ4v) is 5.44. The van der Waals surface area contributed by atoms with Gasteiger partial charge in [-0.15, -0.1) is 23.7 Å². The molecule has 0 amide bonds. The van der Waals surface area contributed by atoms with Crippen LogP contribution >= 0.6 is 23.7 Å². The first kappa shape index (κ1) is 20.1. The Labute approximate surface area is 190 Å². The molecule has 8 heteroatoms. The number of morpholine rings is 1. The van der Waals surface area contributed by atoms with Gasteiger partial charge in [-0.25, -0.2) is 4.98 Å². The number of nitrogen functional groups attached to an aromatic ring is 1. The molecule has 6 rings (SSSR count). The van der Waals surface area contributed by atoms with Crippen molar-refractivity contribution >= 4 is 35.2 Å². The number of benzene rings is 1. The van der Waals surface area contributed by atoms with Gasteiger partial charge in [-0.05, 0) is 30.3 Å². The molecule has 0 saturated carbocycles. The summed E-state index contributed by atoms with van der Waals surface area (Å²) in [5.41, 5.74) is 14.0. The molecule has 1 aromatic carbocycles. The van der Waals surface area contributed by atoms with Gasteiger partial charge in [-0.3, -0.25) is 5.10 Å². The maximum absolute atomic E-state index is 5.72. The van der Waals surface area contributed by atoms with Crippen molar-refractivity contribution in [1.29, 1.82) is 0 Å². The minimum atomic E-state index is 0. The van der Waals surface area contributed by atoms with Crippen molar-refractivity contribution in [3.63, 3.8) is 0 Å². The fourth-order valence-electron chi connectivity index (χ4n) is 4.28. The van der Waals surface area contributed by atoms with E-state index in [1.165, 1.54) is 26.6 Å². The van der Waals surface area contributed by atoms with E-state index in [1.54, 1.807) is 0 Å². The molecule has 1 saturated heterocycles. The first-order valence-electron chi connectivity index (χ1n) is 10.1. The van der Waals surface area contributed by atoms with Crippen molar-refractivity contribution in [3.8, 4) is 33.0 Å². The number of pyridine rings is 1. The molecule has 0 unspecified atom stereocenters. The number of anilines is 2. The van der Waals surface area contributed by atoms with Crippen LogP contribution in [0.3, 0.4) is 0 Å². The summed E-state index contributed by atoms with van der Waals surface area (Å²) < 4.78 is 5.46. The summed E-state index contributed by atoms with van der Waals surface area (Å²) in [6, 6.07) is 14.9. The van der Waals surface area contributed by atoms with Crippen LogP contribution in [0.2, 0.25) is 0 Å². The molecule has 0 spiro atoms. The first-order valence-corrected chi connectivity index (χ1v) is 10.9. The van der Waals surface area contributed by atoms with Gasteiger partial charge in [0.1, 0.15) is 5.82 Å². The van der Waals surface area contributed by atoms with E-state index in [9.17, 15) is 0 Å². The fraction of sp³-hybridized carbons (Fsp3) is 0.217. The topological polar surface area (TPSA) is 80.1 Å². The molecular weight excluding hydrogens is 430 g/mol. The summed E-state index contributed by atoms with van der Waals surface area (Å²) in [5, 5.41) is 7.95. The van der Waals surface area contributed by atoms with E-state index in [1.807, 2.05) is 29.7 Å². The average molecular weight is 452 g/mol. The molecule has 1 fully saturated rings. The average Bonchev–Trinajstić information content (AvgIpc) is 3.46. The summed E-state index contributed by atoms with van der Waals surface area (Å²) in [4.78, 5) is 9.17. The summed E-state index contributed by atoms with van der Waals surface area (Å²) >= 11 is 1.82. The zero-order chi connectivity index (χ0) is 20.1. The van der Waals surface area contributed by atoms with Gasteiger partial charge in [0.05, 0.1) is 24.6 Å². The Morgan fingerprint density at radius 2 is 1.81 bits per heavy atom. The Balaban J connectivity index is 0.00000204. The van der Waals surface area contributed by atoms with Gasteiger partial charge in [0, 0.05) is 63.4 Å². The molecule has 31 heavy (non-hydrogen) atoms. The normalized spacial score (nSPS) is 14.8. The highest BCUT2D eigenvalue weighted by Crippen LogP contribution is 2.46. The van der Waals surface area contributed by atoms with Crippen LogP contribution in [0.15, 0.2) is 48.7 Å². The van der Waals surface area contributed by atoms with E-state index < -0.39 is 0 Å². The molecule has 1 aliphatic heterocycles. The van der Waals surface area contributed by atoms with Crippen LogP contribution in [0.25, 0.3) is 33.0 Å². The second kappa shape index (κ2) is 8.00. The minimum Gasteiger partial charge on any atom is -0.384 e. The van der Waals surface area contributed by atoms with Crippen molar-refractivity contribution in [2.24, 2.45) is 0 Å². The number of rotatable bonds is 3. The maximum atomic E-state index is 5.72. The minimum absolute atomic E-state index is 0. The lowest BCUT2D eigenvalue weighted by Gasteiger charge is -2.28. The number of aromatic nitrogens is 3. The van der Waals surface area contributed by atoms with Gasteiger partial charge >= 0.3 is 0 Å². The van der Waals surface area contributed by atoms with Crippen molar-refractivity contribution in [1.82, 2.24) is 15.2 Å². The maximum Gasteiger partial charge on any atom is 0.123 e. The number of H-pyrrole nitrogens is 1. The van der Waals surface area contributed by atoms with Crippen LogP contribution in [0.1, 0.15) is 10.4 Å². The Morgan fingerprint density at radius 1 is 1.03 bits per heavy atom. The third-order valence-corrected chi connectivity index (χ3v) is 7.05. The SMILES string of the molecule is Cl.Nc1ccc(-c2cc3c(s2)Cc2c(-c4ccc(N5CCOCC5)cc4)n[nH]c2-3)cn1. The number of hydrogen-bond donors (Lipinski definition) is 2. The molecule has 3 N–H and O–H groups in total. The van der Waals surface area contributed by atoms with Gasteiger partial charge in [0.25, 0.3) is 0 Å². The van der Waals surface area contributed by atoms with Crippen molar-refractivity contribution < 1.29 is 4.74 Å². The second-order valence-electron chi connectivity index (χ2n) is 7.67. The summed E-state index contributed by atoms with van der Waals surface area (Å²) in [7, 11) is 0. The lowest BCUT2D eigenvalue weighted by Crippen LogP contribution is -2.36. The first-order chi connectivity index (χ1) is 14.8. The van der Waals surface area contributed by atoms with Crippen LogP contribution in [0.5, 0.6) is 0 Å². The largest absolute Gasteiger partial charge is 0.384 e. The number of fused-ring (bicyclic) bond motifs is 3. The van der Waals surface area contributed by atoms with E-state index in [-0.39, 0.29) is 12.4 Å². The summed E-state index contributed by atoms with van der Waals surface area (Å²) in [5.74, 6) is 0.544. The quantitative estimate of drug-likeness (QED) is 0.418. The Hall–Kier alpha value is -2.87. The third kappa shape index (κ3) is 3.48. The van der Waals surface area contributed by atoms with Crippen LogP contribution < -0.4 is 10.6 Å². The van der Waals surface area contributed by atoms with E-state index >= 15 is 0 Å². The number of halogens is 1. The number of hydrogen-bond acceptors (Lipinski definition) is 6. The highest BCUT2D eigenvalue weighted by molar-refractivity contribution is 7.16. The second-order valence-corrected chi connectivity index (χ2v) is 8.80. The molecule has 4 heterocycles. The molecule has 4 aromatic rings. The zero-order valence-electron chi connectivity index (χ0n) is 16.8. The number of nitrogens with two attached hydrogens (primary N) is 1. The van der Waals surface area contributed by atoms with Crippen molar-refractivity contribution in [2.75, 3.05) is 36.9 Å².